The third-order valence-electron chi connectivity index (χ3n) is 5.59. The second kappa shape index (κ2) is 8.18. The van der Waals surface area contributed by atoms with Crippen LogP contribution in [0.4, 0.5) is 0 Å². The molecule has 4 aromatic rings. The minimum Gasteiger partial charge on any atom is -0.503 e. The summed E-state index contributed by atoms with van der Waals surface area (Å²) in [5.41, 5.74) is 1.03. The number of ether oxygens (including phenoxy) is 1. The predicted molar refractivity (Wildman–Crippen MR) is 120 cm³/mol. The lowest BCUT2D eigenvalue weighted by Gasteiger charge is -2.26. The number of benzene rings is 2. The number of aliphatic hydroxyl groups is 1. The molecule has 2 aromatic heterocycles. The van der Waals surface area contributed by atoms with Crippen molar-refractivity contribution in [2.45, 2.75) is 12.6 Å². The highest BCUT2D eigenvalue weighted by atomic mass is 35.5. The van der Waals surface area contributed by atoms with Gasteiger partial charge in [-0.05, 0) is 54.1 Å². The van der Waals surface area contributed by atoms with Crippen LogP contribution >= 0.6 is 11.6 Å². The number of rotatable bonds is 6. The Bertz CT molecular complexity index is 1380. The van der Waals surface area contributed by atoms with Gasteiger partial charge in [-0.1, -0.05) is 23.7 Å². The molecular weight excluding hydrogens is 446 g/mol. The number of methoxy groups -OCH3 is 1. The smallest absolute Gasteiger partial charge is 0.290 e. The van der Waals surface area contributed by atoms with Gasteiger partial charge in [0.05, 0.1) is 31.5 Å². The summed E-state index contributed by atoms with van der Waals surface area (Å²) in [5, 5.41) is 11.9. The number of carbonyl (C=O) groups excluding carboxylic acids is 2. The van der Waals surface area contributed by atoms with Crippen LogP contribution in [-0.2, 0) is 11.3 Å². The van der Waals surface area contributed by atoms with E-state index in [2.05, 4.69) is 0 Å². The summed E-state index contributed by atoms with van der Waals surface area (Å²) in [7, 11) is 1.55. The Morgan fingerprint density at radius 1 is 1.15 bits per heavy atom. The van der Waals surface area contributed by atoms with Crippen molar-refractivity contribution in [2.75, 3.05) is 7.11 Å². The van der Waals surface area contributed by atoms with E-state index in [-0.39, 0.29) is 17.9 Å². The third kappa shape index (κ3) is 3.66. The van der Waals surface area contributed by atoms with E-state index >= 15 is 0 Å². The SMILES string of the molecule is COc1ccc(C2C(C(=O)c3cc4cc(Cl)ccc4o3)=C(O)C(=O)N2Cc2ccco2)cc1. The summed E-state index contributed by atoms with van der Waals surface area (Å²) < 4.78 is 16.3. The molecule has 0 saturated heterocycles. The monoisotopic (exact) mass is 463 g/mol. The van der Waals surface area contributed by atoms with Crippen LogP contribution in [0, 0.1) is 0 Å². The first kappa shape index (κ1) is 20.9. The fourth-order valence-corrected chi connectivity index (χ4v) is 4.19. The van der Waals surface area contributed by atoms with Crippen molar-refractivity contribution in [3.8, 4) is 5.75 Å². The minimum absolute atomic E-state index is 0.0000213. The van der Waals surface area contributed by atoms with Crippen LogP contribution in [0.2, 0.25) is 5.02 Å². The molecule has 0 spiro atoms. The molecule has 1 aliphatic heterocycles. The van der Waals surface area contributed by atoms with Crippen molar-refractivity contribution in [2.24, 2.45) is 0 Å². The minimum atomic E-state index is -0.849. The summed E-state index contributed by atoms with van der Waals surface area (Å²) in [6, 6.07) is 16.1. The average Bonchev–Trinajstić information content (AvgIpc) is 3.54. The normalized spacial score (nSPS) is 16.1. The van der Waals surface area contributed by atoms with Gasteiger partial charge >= 0.3 is 0 Å². The predicted octanol–water partition coefficient (Wildman–Crippen LogP) is 5.47. The summed E-state index contributed by atoms with van der Waals surface area (Å²) in [5.74, 6) is -0.742. The first-order valence-corrected chi connectivity index (χ1v) is 10.5. The zero-order valence-electron chi connectivity index (χ0n) is 17.4. The fraction of sp³-hybridized carbons (Fsp3) is 0.120. The number of nitrogens with zero attached hydrogens (tertiary/aromatic N) is 1. The van der Waals surface area contributed by atoms with E-state index < -0.39 is 23.5 Å². The molecular formula is C25H18ClNO6. The van der Waals surface area contributed by atoms with Crippen molar-refractivity contribution in [3.05, 3.63) is 100 Å². The number of aliphatic hydroxyl groups excluding tert-OH is 1. The molecule has 0 aliphatic carbocycles. The number of amides is 1. The van der Waals surface area contributed by atoms with Gasteiger partial charge in [-0.3, -0.25) is 9.59 Å². The van der Waals surface area contributed by atoms with Crippen molar-refractivity contribution in [3.63, 3.8) is 0 Å². The Morgan fingerprint density at radius 2 is 1.94 bits per heavy atom. The molecule has 0 fully saturated rings. The highest BCUT2D eigenvalue weighted by molar-refractivity contribution is 6.31. The highest BCUT2D eigenvalue weighted by Crippen LogP contribution is 2.41. The van der Waals surface area contributed by atoms with Crippen LogP contribution in [0.15, 0.2) is 87.1 Å². The van der Waals surface area contributed by atoms with Crippen LogP contribution in [0.3, 0.4) is 0 Å². The van der Waals surface area contributed by atoms with E-state index in [9.17, 15) is 14.7 Å². The molecule has 5 rings (SSSR count). The van der Waals surface area contributed by atoms with Gasteiger partial charge in [0, 0.05) is 10.4 Å². The number of halogens is 1. The van der Waals surface area contributed by atoms with Crippen molar-refractivity contribution in [1.29, 1.82) is 0 Å². The number of hydrogen-bond acceptors (Lipinski definition) is 6. The number of furan rings is 2. The number of hydrogen-bond donors (Lipinski definition) is 1. The lowest BCUT2D eigenvalue weighted by atomic mass is 9.95. The summed E-state index contributed by atoms with van der Waals surface area (Å²) in [6.07, 6.45) is 1.50. The molecule has 2 aromatic carbocycles. The molecule has 166 valence electrons. The maximum Gasteiger partial charge on any atom is 0.290 e. The molecule has 3 heterocycles. The Morgan fingerprint density at radius 3 is 2.64 bits per heavy atom. The zero-order chi connectivity index (χ0) is 23.1. The molecule has 0 bridgehead atoms. The Balaban J connectivity index is 1.59. The largest absolute Gasteiger partial charge is 0.503 e. The van der Waals surface area contributed by atoms with E-state index in [0.717, 1.165) is 0 Å². The van der Waals surface area contributed by atoms with Gasteiger partial charge in [-0.15, -0.1) is 0 Å². The Labute approximate surface area is 193 Å². The molecule has 0 radical (unpaired) electrons. The first-order chi connectivity index (χ1) is 16.0. The first-order valence-electron chi connectivity index (χ1n) is 10.1. The standard InChI is InChI=1S/C25H18ClNO6/c1-31-17-7-4-14(5-8-17)22-21(24(29)25(30)27(22)13-18-3-2-10-32-18)23(28)20-12-15-11-16(26)6-9-19(15)33-20/h2-12,22,29H,13H2,1H3. The number of Topliss-reactive ketones (excluding diaryl/α,β-unsaturated/α-hetero) is 1. The molecule has 8 heteroatoms. The summed E-state index contributed by atoms with van der Waals surface area (Å²) in [4.78, 5) is 28.0. The van der Waals surface area contributed by atoms with Gasteiger partial charge in [-0.25, -0.2) is 0 Å². The highest BCUT2D eigenvalue weighted by Gasteiger charge is 2.44. The van der Waals surface area contributed by atoms with E-state index in [0.29, 0.717) is 33.1 Å². The second-order valence-electron chi connectivity index (χ2n) is 7.57. The Hall–Kier alpha value is -3.97. The quantitative estimate of drug-likeness (QED) is 0.381. The molecule has 1 unspecified atom stereocenters. The van der Waals surface area contributed by atoms with Gasteiger partial charge in [0.25, 0.3) is 5.91 Å². The number of carbonyl (C=O) groups is 2. The molecule has 1 aliphatic rings. The van der Waals surface area contributed by atoms with Crippen LogP contribution in [-0.4, -0.2) is 28.8 Å². The maximum atomic E-state index is 13.5. The van der Waals surface area contributed by atoms with Gasteiger partial charge in [0.15, 0.2) is 11.5 Å². The third-order valence-corrected chi connectivity index (χ3v) is 5.82. The molecule has 1 atom stereocenters. The van der Waals surface area contributed by atoms with Crippen molar-refractivity contribution < 1.29 is 28.3 Å². The van der Waals surface area contributed by atoms with E-state index in [1.165, 1.54) is 11.2 Å². The van der Waals surface area contributed by atoms with Crippen LogP contribution in [0.1, 0.15) is 27.9 Å². The van der Waals surface area contributed by atoms with Crippen molar-refractivity contribution in [1.82, 2.24) is 4.90 Å². The molecule has 0 saturated carbocycles. The molecule has 7 nitrogen and oxygen atoms in total. The van der Waals surface area contributed by atoms with E-state index in [4.69, 9.17) is 25.2 Å². The van der Waals surface area contributed by atoms with E-state index in [1.807, 2.05) is 0 Å². The van der Waals surface area contributed by atoms with Gasteiger partial charge in [-0.2, -0.15) is 0 Å². The summed E-state index contributed by atoms with van der Waals surface area (Å²) in [6.45, 7) is 0.0686. The van der Waals surface area contributed by atoms with Crippen LogP contribution < -0.4 is 4.74 Å². The fourth-order valence-electron chi connectivity index (χ4n) is 4.01. The topological polar surface area (TPSA) is 93.1 Å². The van der Waals surface area contributed by atoms with Crippen molar-refractivity contribution >= 4 is 34.3 Å². The van der Waals surface area contributed by atoms with Gasteiger partial charge < -0.3 is 23.6 Å². The van der Waals surface area contributed by atoms with Gasteiger partial charge in [0.1, 0.15) is 17.1 Å². The van der Waals surface area contributed by atoms with Gasteiger partial charge in [0.2, 0.25) is 5.78 Å². The molecule has 1 N–H and O–H groups in total. The average molecular weight is 464 g/mol. The molecule has 1 amide bonds. The Kier molecular flexibility index (Phi) is 5.18. The summed E-state index contributed by atoms with van der Waals surface area (Å²) >= 11 is 6.05. The number of ketones is 1. The lowest BCUT2D eigenvalue weighted by molar-refractivity contribution is -0.130. The second-order valence-corrected chi connectivity index (χ2v) is 8.01. The van der Waals surface area contributed by atoms with E-state index in [1.54, 1.807) is 67.8 Å². The van der Waals surface area contributed by atoms with Crippen LogP contribution in [0.25, 0.3) is 11.0 Å². The number of fused-ring (bicyclic) bond motifs is 1. The lowest BCUT2D eigenvalue weighted by Crippen LogP contribution is -2.30. The molecule has 33 heavy (non-hydrogen) atoms. The zero-order valence-corrected chi connectivity index (χ0v) is 18.2. The van der Waals surface area contributed by atoms with Crippen LogP contribution in [0.5, 0.6) is 5.75 Å². The maximum absolute atomic E-state index is 13.5.